The first-order valence-corrected chi connectivity index (χ1v) is 6.64. The molecule has 0 saturated heterocycles. The van der Waals surface area contributed by atoms with E-state index in [0.717, 1.165) is 44.1 Å². The van der Waals surface area contributed by atoms with E-state index < -0.39 is 0 Å². The summed E-state index contributed by atoms with van der Waals surface area (Å²) in [6, 6.07) is 2.16. The quantitative estimate of drug-likeness (QED) is 0.706. The molecule has 1 heterocycles. The molecule has 98 valence electrons. The van der Waals surface area contributed by atoms with Gasteiger partial charge in [-0.25, -0.2) is 0 Å². The molecule has 0 saturated carbocycles. The zero-order valence-corrected chi connectivity index (χ0v) is 11.7. The Bertz CT molecular complexity index is 320. The molecule has 0 amide bonds. The SMILES string of the molecule is CCCNCc1oc(CN(C)CCC)cc1C. The van der Waals surface area contributed by atoms with Gasteiger partial charge in [-0.15, -0.1) is 0 Å². The number of nitrogens with zero attached hydrogens (tertiary/aromatic N) is 1. The van der Waals surface area contributed by atoms with Crippen LogP contribution >= 0.6 is 0 Å². The van der Waals surface area contributed by atoms with E-state index in [1.165, 1.54) is 12.0 Å². The minimum Gasteiger partial charge on any atom is -0.463 e. The van der Waals surface area contributed by atoms with E-state index in [4.69, 9.17) is 4.42 Å². The molecule has 1 aromatic rings. The van der Waals surface area contributed by atoms with Crippen LogP contribution in [0.2, 0.25) is 0 Å². The second-order valence-electron chi connectivity index (χ2n) is 4.73. The normalized spacial score (nSPS) is 11.4. The maximum Gasteiger partial charge on any atom is 0.120 e. The van der Waals surface area contributed by atoms with Gasteiger partial charge in [0.25, 0.3) is 0 Å². The molecular weight excluding hydrogens is 212 g/mol. The van der Waals surface area contributed by atoms with E-state index in [1.807, 2.05) is 0 Å². The zero-order chi connectivity index (χ0) is 12.7. The average Bonchev–Trinajstić information content (AvgIpc) is 2.60. The van der Waals surface area contributed by atoms with Crippen molar-refractivity contribution in [2.75, 3.05) is 20.1 Å². The summed E-state index contributed by atoms with van der Waals surface area (Å²) in [6.07, 6.45) is 2.34. The molecule has 1 N–H and O–H groups in total. The lowest BCUT2D eigenvalue weighted by Crippen LogP contribution is -2.18. The maximum atomic E-state index is 5.87. The molecule has 0 fully saturated rings. The highest BCUT2D eigenvalue weighted by atomic mass is 16.3. The van der Waals surface area contributed by atoms with Crippen molar-refractivity contribution in [1.82, 2.24) is 10.2 Å². The van der Waals surface area contributed by atoms with Crippen molar-refractivity contribution in [3.05, 3.63) is 23.2 Å². The Labute approximate surface area is 105 Å². The lowest BCUT2D eigenvalue weighted by molar-refractivity contribution is 0.290. The summed E-state index contributed by atoms with van der Waals surface area (Å²) in [6.45, 7) is 10.4. The third kappa shape index (κ3) is 4.92. The largest absolute Gasteiger partial charge is 0.463 e. The molecule has 0 bridgehead atoms. The lowest BCUT2D eigenvalue weighted by atomic mass is 10.2. The van der Waals surface area contributed by atoms with Crippen molar-refractivity contribution in [2.45, 2.75) is 46.7 Å². The average molecular weight is 238 g/mol. The van der Waals surface area contributed by atoms with Gasteiger partial charge >= 0.3 is 0 Å². The minimum atomic E-state index is 0.844. The number of nitrogens with one attached hydrogen (secondary N) is 1. The highest BCUT2D eigenvalue weighted by Gasteiger charge is 2.08. The molecule has 0 unspecified atom stereocenters. The molecular formula is C14H26N2O. The Balaban J connectivity index is 2.49. The Hall–Kier alpha value is -0.800. The van der Waals surface area contributed by atoms with Crippen LogP contribution in [0.15, 0.2) is 10.5 Å². The van der Waals surface area contributed by atoms with Gasteiger partial charge in [-0.1, -0.05) is 13.8 Å². The molecule has 0 aliphatic heterocycles. The Morgan fingerprint density at radius 1 is 1.29 bits per heavy atom. The van der Waals surface area contributed by atoms with E-state index in [9.17, 15) is 0 Å². The van der Waals surface area contributed by atoms with Crippen LogP contribution in [-0.2, 0) is 13.1 Å². The van der Waals surface area contributed by atoms with Gasteiger partial charge in [0, 0.05) is 0 Å². The first-order valence-electron chi connectivity index (χ1n) is 6.64. The zero-order valence-electron chi connectivity index (χ0n) is 11.7. The fraction of sp³-hybridized carbons (Fsp3) is 0.714. The number of hydrogen-bond donors (Lipinski definition) is 1. The standard InChI is InChI=1S/C14H26N2O/c1-5-7-15-10-14-12(3)9-13(17-14)11-16(4)8-6-2/h9,15H,5-8,10-11H2,1-4H3. The molecule has 3 nitrogen and oxygen atoms in total. The van der Waals surface area contributed by atoms with E-state index in [1.54, 1.807) is 0 Å². The number of rotatable bonds is 8. The molecule has 0 atom stereocenters. The minimum absolute atomic E-state index is 0.844. The van der Waals surface area contributed by atoms with Crippen LogP contribution in [0.4, 0.5) is 0 Å². The molecule has 0 radical (unpaired) electrons. The highest BCUT2D eigenvalue weighted by Crippen LogP contribution is 2.15. The number of hydrogen-bond acceptors (Lipinski definition) is 3. The third-order valence-electron chi connectivity index (χ3n) is 2.82. The van der Waals surface area contributed by atoms with Crippen molar-refractivity contribution in [2.24, 2.45) is 0 Å². The van der Waals surface area contributed by atoms with Crippen molar-refractivity contribution >= 4 is 0 Å². The molecule has 3 heteroatoms. The Kier molecular flexibility index (Phi) is 6.30. The summed E-state index contributed by atoms with van der Waals surface area (Å²) >= 11 is 0. The molecule has 0 aliphatic rings. The van der Waals surface area contributed by atoms with Crippen molar-refractivity contribution in [3.8, 4) is 0 Å². The second-order valence-corrected chi connectivity index (χ2v) is 4.73. The van der Waals surface area contributed by atoms with Crippen LogP contribution in [0.25, 0.3) is 0 Å². The van der Waals surface area contributed by atoms with Gasteiger partial charge < -0.3 is 9.73 Å². The molecule has 0 aromatic carbocycles. The Morgan fingerprint density at radius 2 is 2.06 bits per heavy atom. The van der Waals surface area contributed by atoms with Crippen LogP contribution in [0.3, 0.4) is 0 Å². The van der Waals surface area contributed by atoms with Crippen LogP contribution in [0.5, 0.6) is 0 Å². The summed E-state index contributed by atoms with van der Waals surface area (Å²) in [7, 11) is 2.14. The summed E-state index contributed by atoms with van der Waals surface area (Å²) < 4.78 is 5.87. The molecule has 0 aliphatic carbocycles. The van der Waals surface area contributed by atoms with E-state index in [-0.39, 0.29) is 0 Å². The van der Waals surface area contributed by atoms with E-state index in [2.05, 4.69) is 44.1 Å². The highest BCUT2D eigenvalue weighted by molar-refractivity contribution is 5.19. The van der Waals surface area contributed by atoms with Crippen molar-refractivity contribution in [1.29, 1.82) is 0 Å². The fourth-order valence-corrected chi connectivity index (χ4v) is 1.95. The number of aryl methyl sites for hydroxylation is 1. The lowest BCUT2D eigenvalue weighted by Gasteiger charge is -2.12. The molecule has 17 heavy (non-hydrogen) atoms. The van der Waals surface area contributed by atoms with Gasteiger partial charge in [0.05, 0.1) is 13.1 Å². The molecule has 0 spiro atoms. The van der Waals surface area contributed by atoms with Crippen LogP contribution in [-0.4, -0.2) is 25.0 Å². The van der Waals surface area contributed by atoms with Gasteiger partial charge in [-0.05, 0) is 51.5 Å². The smallest absolute Gasteiger partial charge is 0.120 e. The van der Waals surface area contributed by atoms with Crippen LogP contribution < -0.4 is 5.32 Å². The van der Waals surface area contributed by atoms with Gasteiger partial charge in [-0.3, -0.25) is 4.90 Å². The second kappa shape index (κ2) is 7.51. The predicted molar refractivity (Wildman–Crippen MR) is 72.1 cm³/mol. The summed E-state index contributed by atoms with van der Waals surface area (Å²) in [5, 5.41) is 3.38. The Morgan fingerprint density at radius 3 is 2.71 bits per heavy atom. The predicted octanol–water partition coefficient (Wildman–Crippen LogP) is 2.93. The fourth-order valence-electron chi connectivity index (χ4n) is 1.95. The van der Waals surface area contributed by atoms with E-state index in [0.29, 0.717) is 0 Å². The first-order chi connectivity index (χ1) is 8.17. The molecule has 1 aromatic heterocycles. The third-order valence-corrected chi connectivity index (χ3v) is 2.82. The molecule has 1 rings (SSSR count). The van der Waals surface area contributed by atoms with Gasteiger partial charge in [0.1, 0.15) is 11.5 Å². The van der Waals surface area contributed by atoms with Crippen molar-refractivity contribution < 1.29 is 4.42 Å². The summed E-state index contributed by atoms with van der Waals surface area (Å²) in [4.78, 5) is 2.29. The summed E-state index contributed by atoms with van der Waals surface area (Å²) in [5.74, 6) is 2.16. The van der Waals surface area contributed by atoms with Crippen LogP contribution in [0.1, 0.15) is 43.8 Å². The van der Waals surface area contributed by atoms with Gasteiger partial charge in [0.2, 0.25) is 0 Å². The van der Waals surface area contributed by atoms with Crippen LogP contribution in [0, 0.1) is 6.92 Å². The summed E-state index contributed by atoms with van der Waals surface area (Å²) in [5.41, 5.74) is 1.26. The monoisotopic (exact) mass is 238 g/mol. The first kappa shape index (κ1) is 14.3. The van der Waals surface area contributed by atoms with Gasteiger partial charge in [0.15, 0.2) is 0 Å². The number of furan rings is 1. The van der Waals surface area contributed by atoms with Gasteiger partial charge in [-0.2, -0.15) is 0 Å². The van der Waals surface area contributed by atoms with Crippen molar-refractivity contribution in [3.63, 3.8) is 0 Å². The maximum absolute atomic E-state index is 5.87. The van der Waals surface area contributed by atoms with E-state index >= 15 is 0 Å². The topological polar surface area (TPSA) is 28.4 Å².